The molecule has 3 aromatic rings. The van der Waals surface area contributed by atoms with Gasteiger partial charge in [0.05, 0.1) is 0 Å². The number of carbonyl (C=O) groups excluding carboxylic acids is 1. The van der Waals surface area contributed by atoms with Gasteiger partial charge in [0, 0.05) is 37.1 Å². The van der Waals surface area contributed by atoms with E-state index in [-0.39, 0.29) is 5.91 Å². The van der Waals surface area contributed by atoms with Crippen LogP contribution in [-0.2, 0) is 17.8 Å². The van der Waals surface area contributed by atoms with Gasteiger partial charge < -0.3 is 18.8 Å². The lowest BCUT2D eigenvalue weighted by Crippen LogP contribution is -2.31. The van der Waals surface area contributed by atoms with Crippen LogP contribution in [0.15, 0.2) is 46.9 Å². The van der Waals surface area contributed by atoms with E-state index in [4.69, 9.17) is 13.9 Å². The molecule has 0 atom stereocenters. The van der Waals surface area contributed by atoms with E-state index in [1.165, 1.54) is 5.56 Å². The van der Waals surface area contributed by atoms with Crippen molar-refractivity contribution in [1.82, 2.24) is 15.1 Å². The molecule has 4 rings (SSSR count). The molecule has 0 spiro atoms. The molecule has 0 fully saturated rings. The summed E-state index contributed by atoms with van der Waals surface area (Å²) in [6.07, 6.45) is 0.705. The molecular weight excluding hydrogens is 382 g/mol. The summed E-state index contributed by atoms with van der Waals surface area (Å²) in [5.41, 5.74) is 2.99. The van der Waals surface area contributed by atoms with Gasteiger partial charge in [0.15, 0.2) is 11.5 Å². The van der Waals surface area contributed by atoms with E-state index in [9.17, 15) is 4.79 Å². The summed E-state index contributed by atoms with van der Waals surface area (Å²) in [5, 5.41) is 8.19. The summed E-state index contributed by atoms with van der Waals surface area (Å²) in [6, 6.07) is 13.7. The number of amides is 1. The van der Waals surface area contributed by atoms with Crippen LogP contribution < -0.4 is 9.47 Å². The second kappa shape index (κ2) is 8.98. The minimum Gasteiger partial charge on any atom is -0.486 e. The number of hydrogen-bond acceptors (Lipinski definition) is 6. The number of benzene rings is 2. The molecule has 1 aromatic heterocycles. The molecule has 0 radical (unpaired) electrons. The quantitative estimate of drug-likeness (QED) is 0.593. The van der Waals surface area contributed by atoms with Crippen LogP contribution in [0, 0.1) is 6.92 Å². The van der Waals surface area contributed by atoms with Gasteiger partial charge in [-0.05, 0) is 32.0 Å². The Hall–Kier alpha value is -3.35. The Balaban J connectivity index is 1.38. The Morgan fingerprint density at radius 1 is 1.07 bits per heavy atom. The zero-order valence-electron chi connectivity index (χ0n) is 17.3. The molecule has 0 aliphatic carbocycles. The highest BCUT2D eigenvalue weighted by molar-refractivity contribution is 5.76. The lowest BCUT2D eigenvalue weighted by Gasteiger charge is -2.25. The number of aromatic nitrogens is 2. The highest BCUT2D eigenvalue weighted by atomic mass is 16.6. The number of fused-ring (bicyclic) bond motifs is 1. The Morgan fingerprint density at radius 3 is 2.67 bits per heavy atom. The van der Waals surface area contributed by atoms with Crippen molar-refractivity contribution >= 4 is 5.91 Å². The molecule has 156 valence electrons. The first-order valence-electron chi connectivity index (χ1n) is 10.2. The summed E-state index contributed by atoms with van der Waals surface area (Å²) in [5.74, 6) is 2.43. The fourth-order valence-electron chi connectivity index (χ4n) is 3.38. The van der Waals surface area contributed by atoms with Crippen molar-refractivity contribution in [2.45, 2.75) is 33.2 Å². The molecule has 0 N–H and O–H groups in total. The Bertz CT molecular complexity index is 1010. The molecule has 0 saturated heterocycles. The largest absolute Gasteiger partial charge is 0.486 e. The molecular formula is C23H25N3O4. The molecule has 1 aliphatic rings. The highest BCUT2D eigenvalue weighted by Gasteiger charge is 2.20. The van der Waals surface area contributed by atoms with E-state index < -0.39 is 0 Å². The normalized spacial score (nSPS) is 12.6. The maximum Gasteiger partial charge on any atom is 0.247 e. The number of aryl methyl sites for hydroxylation is 2. The van der Waals surface area contributed by atoms with E-state index >= 15 is 0 Å². The molecule has 7 nitrogen and oxygen atoms in total. The first kappa shape index (κ1) is 19.9. The van der Waals surface area contributed by atoms with Crippen LogP contribution >= 0.6 is 0 Å². The molecule has 0 bridgehead atoms. The lowest BCUT2D eigenvalue weighted by molar-refractivity contribution is -0.131. The molecule has 0 unspecified atom stereocenters. The summed E-state index contributed by atoms with van der Waals surface area (Å²) >= 11 is 0. The maximum atomic E-state index is 12.8. The predicted octanol–water partition coefficient (Wildman–Crippen LogP) is 3.80. The van der Waals surface area contributed by atoms with Crippen LogP contribution in [0.1, 0.15) is 30.4 Å². The van der Waals surface area contributed by atoms with Crippen LogP contribution in [0.5, 0.6) is 11.5 Å². The molecule has 30 heavy (non-hydrogen) atoms. The fourth-order valence-corrected chi connectivity index (χ4v) is 3.38. The standard InChI is InChI=1S/C23H25N3O4/c1-3-26(15-18-5-4-6-19-22(18)29-14-13-28-19)21(27)12-11-20-24-25-23(30-20)17-9-7-16(2)8-10-17/h4-10H,3,11-15H2,1-2H3. The number of ether oxygens (including phenoxy) is 2. The third-order valence-electron chi connectivity index (χ3n) is 5.06. The van der Waals surface area contributed by atoms with Crippen LogP contribution in [0.2, 0.25) is 0 Å². The van der Waals surface area contributed by atoms with Gasteiger partial charge in [-0.2, -0.15) is 0 Å². The van der Waals surface area contributed by atoms with Gasteiger partial charge >= 0.3 is 0 Å². The highest BCUT2D eigenvalue weighted by Crippen LogP contribution is 2.34. The van der Waals surface area contributed by atoms with Crippen molar-refractivity contribution in [2.24, 2.45) is 0 Å². The fraction of sp³-hybridized carbons (Fsp3) is 0.348. The minimum absolute atomic E-state index is 0.0296. The molecule has 0 saturated carbocycles. The lowest BCUT2D eigenvalue weighted by atomic mass is 10.1. The molecule has 2 heterocycles. The van der Waals surface area contributed by atoms with Crippen molar-refractivity contribution in [3.8, 4) is 23.0 Å². The van der Waals surface area contributed by atoms with Crippen molar-refractivity contribution < 1.29 is 18.7 Å². The van der Waals surface area contributed by atoms with Gasteiger partial charge in [-0.1, -0.05) is 29.8 Å². The molecule has 2 aromatic carbocycles. The van der Waals surface area contributed by atoms with E-state index in [2.05, 4.69) is 10.2 Å². The first-order chi connectivity index (χ1) is 14.6. The summed E-state index contributed by atoms with van der Waals surface area (Å²) in [6.45, 7) is 6.12. The van der Waals surface area contributed by atoms with Gasteiger partial charge in [0.2, 0.25) is 17.7 Å². The number of carbonyl (C=O) groups is 1. The molecule has 1 aliphatic heterocycles. The van der Waals surface area contributed by atoms with Crippen LogP contribution in [0.3, 0.4) is 0 Å². The Morgan fingerprint density at radius 2 is 1.87 bits per heavy atom. The predicted molar refractivity (Wildman–Crippen MR) is 111 cm³/mol. The molecule has 7 heteroatoms. The topological polar surface area (TPSA) is 77.7 Å². The van der Waals surface area contributed by atoms with Crippen LogP contribution in [-0.4, -0.2) is 40.8 Å². The van der Waals surface area contributed by atoms with Crippen molar-refractivity contribution in [3.63, 3.8) is 0 Å². The van der Waals surface area contributed by atoms with Gasteiger partial charge in [-0.25, -0.2) is 0 Å². The van der Waals surface area contributed by atoms with Crippen molar-refractivity contribution in [2.75, 3.05) is 19.8 Å². The maximum absolute atomic E-state index is 12.8. The summed E-state index contributed by atoms with van der Waals surface area (Å²) in [7, 11) is 0. The summed E-state index contributed by atoms with van der Waals surface area (Å²) < 4.78 is 17.1. The number of rotatable bonds is 7. The number of nitrogens with zero attached hydrogens (tertiary/aromatic N) is 3. The minimum atomic E-state index is 0.0296. The van der Waals surface area contributed by atoms with E-state index in [0.717, 1.165) is 22.6 Å². The number of para-hydroxylation sites is 1. The number of hydrogen-bond donors (Lipinski definition) is 0. The summed E-state index contributed by atoms with van der Waals surface area (Å²) in [4.78, 5) is 14.6. The third kappa shape index (κ3) is 4.45. The SMILES string of the molecule is CCN(Cc1cccc2c1OCCO2)C(=O)CCc1nnc(-c2ccc(C)cc2)o1. The van der Waals surface area contributed by atoms with E-state index in [1.54, 1.807) is 4.90 Å². The van der Waals surface area contributed by atoms with Crippen molar-refractivity contribution in [3.05, 3.63) is 59.5 Å². The Kier molecular flexibility index (Phi) is 5.97. The van der Waals surface area contributed by atoms with Gasteiger partial charge in [-0.3, -0.25) is 4.79 Å². The van der Waals surface area contributed by atoms with Gasteiger partial charge in [-0.15, -0.1) is 10.2 Å². The Labute approximate surface area is 175 Å². The zero-order chi connectivity index (χ0) is 20.9. The smallest absolute Gasteiger partial charge is 0.247 e. The van der Waals surface area contributed by atoms with Crippen LogP contribution in [0.4, 0.5) is 0 Å². The monoisotopic (exact) mass is 407 g/mol. The van der Waals surface area contributed by atoms with E-state index in [1.807, 2.05) is 56.3 Å². The second-order valence-corrected chi connectivity index (χ2v) is 7.22. The average molecular weight is 407 g/mol. The van der Waals surface area contributed by atoms with Gasteiger partial charge in [0.25, 0.3) is 0 Å². The van der Waals surface area contributed by atoms with E-state index in [0.29, 0.717) is 50.9 Å². The second-order valence-electron chi connectivity index (χ2n) is 7.22. The molecule has 1 amide bonds. The van der Waals surface area contributed by atoms with Crippen LogP contribution in [0.25, 0.3) is 11.5 Å². The average Bonchev–Trinajstić information content (AvgIpc) is 3.25. The first-order valence-corrected chi connectivity index (χ1v) is 10.2. The third-order valence-corrected chi connectivity index (χ3v) is 5.06. The van der Waals surface area contributed by atoms with Gasteiger partial charge in [0.1, 0.15) is 13.2 Å². The van der Waals surface area contributed by atoms with Crippen molar-refractivity contribution in [1.29, 1.82) is 0 Å². The zero-order valence-corrected chi connectivity index (χ0v) is 17.3.